The summed E-state index contributed by atoms with van der Waals surface area (Å²) in [5, 5.41) is 0. The summed E-state index contributed by atoms with van der Waals surface area (Å²) in [6.07, 6.45) is 3.76. The van der Waals surface area contributed by atoms with Crippen LogP contribution < -0.4 is 4.74 Å². The first-order valence-corrected chi connectivity index (χ1v) is 19.2. The Morgan fingerprint density at radius 1 is 0.404 bits per heavy atom. The van der Waals surface area contributed by atoms with Crippen LogP contribution in [-0.4, -0.2) is 19.9 Å². The minimum atomic E-state index is -0.673. The zero-order valence-electron chi connectivity index (χ0n) is 31.1. The van der Waals surface area contributed by atoms with Gasteiger partial charge in [-0.15, -0.1) is 0 Å². The van der Waals surface area contributed by atoms with Crippen molar-refractivity contribution in [1.29, 1.82) is 0 Å². The lowest BCUT2D eigenvalue weighted by molar-refractivity contribution is 0.438. The first kappa shape index (κ1) is 32.9. The van der Waals surface area contributed by atoms with E-state index in [1.165, 1.54) is 27.8 Å². The maximum absolute atomic E-state index is 7.13. The first-order chi connectivity index (χ1) is 28.2. The van der Waals surface area contributed by atoms with Gasteiger partial charge in [-0.25, -0.2) is 15.0 Å². The fraction of sp³-hybridized carbons (Fsp3) is 0.0385. The third-order valence-electron chi connectivity index (χ3n) is 11.5. The standard InChI is InChI=1S/C52H34N4O/c1-33-32-53-30-29-39(33)34-23-25-35(26-24-34)40-19-12-22-45-48(40)57-47-28-27-38(31-46(47)52(45)43-20-10-8-17-41(43)42-18-9-11-21-44(42)52)51-55-49(36-13-4-2-5-14-36)54-50(56-51)37-15-6-3-7-16-37/h2-32H,1H3. The van der Waals surface area contributed by atoms with Crippen molar-refractivity contribution in [3.63, 3.8) is 0 Å². The highest BCUT2D eigenvalue weighted by Gasteiger charge is 2.51. The number of fused-ring (bicyclic) bond motifs is 9. The maximum Gasteiger partial charge on any atom is 0.164 e. The third-order valence-corrected chi connectivity index (χ3v) is 11.5. The van der Waals surface area contributed by atoms with Gasteiger partial charge in [0.25, 0.3) is 0 Å². The number of pyridine rings is 1. The number of aryl methyl sites for hydroxylation is 1. The number of hydrogen-bond acceptors (Lipinski definition) is 5. The highest BCUT2D eigenvalue weighted by atomic mass is 16.5. The Morgan fingerprint density at radius 2 is 0.912 bits per heavy atom. The third kappa shape index (κ3) is 5.16. The van der Waals surface area contributed by atoms with Crippen LogP contribution in [0.15, 0.2) is 188 Å². The molecule has 0 bridgehead atoms. The molecule has 1 spiro atoms. The minimum Gasteiger partial charge on any atom is -0.456 e. The fourth-order valence-electron chi connectivity index (χ4n) is 8.86. The van der Waals surface area contributed by atoms with Gasteiger partial charge in [0.15, 0.2) is 17.5 Å². The van der Waals surface area contributed by atoms with Gasteiger partial charge < -0.3 is 4.74 Å². The van der Waals surface area contributed by atoms with Crippen molar-refractivity contribution in [3.05, 3.63) is 216 Å². The Kier molecular flexibility index (Phi) is 7.54. The van der Waals surface area contributed by atoms with Gasteiger partial charge in [0.05, 0.1) is 5.41 Å². The quantitative estimate of drug-likeness (QED) is 0.176. The van der Waals surface area contributed by atoms with Gasteiger partial charge in [-0.3, -0.25) is 4.98 Å². The molecule has 7 aromatic carbocycles. The summed E-state index contributed by atoms with van der Waals surface area (Å²) in [6.45, 7) is 2.10. The number of para-hydroxylation sites is 1. The summed E-state index contributed by atoms with van der Waals surface area (Å²) in [6, 6.07) is 61.7. The number of rotatable bonds is 5. The molecule has 11 rings (SSSR count). The van der Waals surface area contributed by atoms with Crippen molar-refractivity contribution in [3.8, 4) is 79.0 Å². The van der Waals surface area contributed by atoms with Crippen molar-refractivity contribution in [2.24, 2.45) is 0 Å². The van der Waals surface area contributed by atoms with Crippen LogP contribution in [0.4, 0.5) is 0 Å². The fourth-order valence-corrected chi connectivity index (χ4v) is 8.86. The molecule has 57 heavy (non-hydrogen) atoms. The lowest BCUT2D eigenvalue weighted by atomic mass is 9.65. The van der Waals surface area contributed by atoms with Crippen molar-refractivity contribution in [2.45, 2.75) is 12.3 Å². The number of nitrogens with zero attached hydrogens (tertiary/aromatic N) is 4. The Balaban J connectivity index is 1.14. The molecule has 3 heterocycles. The second kappa shape index (κ2) is 13.1. The smallest absolute Gasteiger partial charge is 0.164 e. The average molecular weight is 731 g/mol. The Morgan fingerprint density at radius 3 is 1.53 bits per heavy atom. The van der Waals surface area contributed by atoms with E-state index in [1.54, 1.807) is 0 Å². The maximum atomic E-state index is 7.13. The molecule has 1 aliphatic heterocycles. The molecule has 0 saturated heterocycles. The van der Waals surface area contributed by atoms with E-state index in [1.807, 2.05) is 73.1 Å². The molecule has 9 aromatic rings. The molecule has 2 aliphatic rings. The first-order valence-electron chi connectivity index (χ1n) is 19.2. The largest absolute Gasteiger partial charge is 0.456 e. The molecule has 0 amide bonds. The SMILES string of the molecule is Cc1cnccc1-c1ccc(-c2cccc3c2Oc2ccc(-c4nc(-c5ccccc5)nc(-c5ccccc5)n4)cc2C32c3ccccc3-c3ccccc32)cc1. The van der Waals surface area contributed by atoms with E-state index >= 15 is 0 Å². The average Bonchev–Trinajstić information content (AvgIpc) is 3.57. The van der Waals surface area contributed by atoms with E-state index in [0.717, 1.165) is 61.6 Å². The molecule has 0 N–H and O–H groups in total. The molecule has 0 radical (unpaired) electrons. The normalized spacial score (nSPS) is 12.9. The summed E-state index contributed by atoms with van der Waals surface area (Å²) in [4.78, 5) is 19.5. The molecule has 5 nitrogen and oxygen atoms in total. The Labute approximate surface area is 331 Å². The lowest BCUT2D eigenvalue weighted by Gasteiger charge is -2.40. The number of ether oxygens (including phenoxy) is 1. The lowest BCUT2D eigenvalue weighted by Crippen LogP contribution is -2.32. The number of aromatic nitrogens is 4. The van der Waals surface area contributed by atoms with E-state index in [0.29, 0.717) is 17.5 Å². The Hall–Kier alpha value is -7.50. The van der Waals surface area contributed by atoms with Gasteiger partial charge in [-0.2, -0.15) is 0 Å². The molecule has 0 atom stereocenters. The molecule has 5 heteroatoms. The predicted octanol–water partition coefficient (Wildman–Crippen LogP) is 12.4. The second-order valence-corrected chi connectivity index (χ2v) is 14.6. The van der Waals surface area contributed by atoms with Crippen LogP contribution in [0.25, 0.3) is 67.5 Å². The van der Waals surface area contributed by atoms with Crippen molar-refractivity contribution >= 4 is 0 Å². The number of benzene rings is 7. The summed E-state index contributed by atoms with van der Waals surface area (Å²) in [5.74, 6) is 3.51. The highest BCUT2D eigenvalue weighted by molar-refractivity contribution is 5.91. The summed E-state index contributed by atoms with van der Waals surface area (Å²) in [7, 11) is 0. The van der Waals surface area contributed by atoms with Gasteiger partial charge in [0.2, 0.25) is 0 Å². The van der Waals surface area contributed by atoms with E-state index in [-0.39, 0.29) is 0 Å². The van der Waals surface area contributed by atoms with E-state index in [2.05, 4.69) is 127 Å². The summed E-state index contributed by atoms with van der Waals surface area (Å²) >= 11 is 0. The van der Waals surface area contributed by atoms with Gasteiger partial charge in [-0.05, 0) is 75.7 Å². The van der Waals surface area contributed by atoms with Gasteiger partial charge in [0.1, 0.15) is 11.5 Å². The molecular formula is C52H34N4O. The molecule has 0 saturated carbocycles. The van der Waals surface area contributed by atoms with Crippen LogP contribution in [0.3, 0.4) is 0 Å². The molecule has 2 aromatic heterocycles. The Bertz CT molecular complexity index is 2890. The van der Waals surface area contributed by atoms with E-state index in [4.69, 9.17) is 19.7 Å². The van der Waals surface area contributed by atoms with Gasteiger partial charge in [0, 0.05) is 45.8 Å². The van der Waals surface area contributed by atoms with Crippen molar-refractivity contribution in [2.75, 3.05) is 0 Å². The molecule has 0 unspecified atom stereocenters. The highest BCUT2D eigenvalue weighted by Crippen LogP contribution is 2.63. The minimum absolute atomic E-state index is 0.601. The zero-order valence-corrected chi connectivity index (χ0v) is 31.1. The van der Waals surface area contributed by atoms with Crippen molar-refractivity contribution in [1.82, 2.24) is 19.9 Å². The number of hydrogen-bond donors (Lipinski definition) is 0. The monoisotopic (exact) mass is 730 g/mol. The van der Waals surface area contributed by atoms with Crippen LogP contribution in [0.2, 0.25) is 0 Å². The van der Waals surface area contributed by atoms with Crippen LogP contribution in [-0.2, 0) is 5.41 Å². The topological polar surface area (TPSA) is 60.8 Å². The van der Waals surface area contributed by atoms with Gasteiger partial charge in [-0.1, -0.05) is 152 Å². The van der Waals surface area contributed by atoms with E-state index < -0.39 is 5.41 Å². The predicted molar refractivity (Wildman–Crippen MR) is 227 cm³/mol. The van der Waals surface area contributed by atoms with Crippen LogP contribution in [0, 0.1) is 6.92 Å². The zero-order chi connectivity index (χ0) is 37.9. The van der Waals surface area contributed by atoms with Crippen LogP contribution in [0.1, 0.15) is 27.8 Å². The van der Waals surface area contributed by atoms with E-state index in [9.17, 15) is 0 Å². The second-order valence-electron chi connectivity index (χ2n) is 14.6. The van der Waals surface area contributed by atoms with Crippen LogP contribution in [0.5, 0.6) is 11.5 Å². The van der Waals surface area contributed by atoms with Crippen molar-refractivity contribution < 1.29 is 4.74 Å². The van der Waals surface area contributed by atoms with Crippen LogP contribution >= 0.6 is 0 Å². The molecule has 268 valence electrons. The molecule has 1 aliphatic carbocycles. The molecule has 0 fully saturated rings. The van der Waals surface area contributed by atoms with Gasteiger partial charge >= 0.3 is 0 Å². The molecular weight excluding hydrogens is 697 g/mol. The summed E-state index contributed by atoms with van der Waals surface area (Å²) in [5.41, 5.74) is 14.7. The summed E-state index contributed by atoms with van der Waals surface area (Å²) < 4.78 is 7.13.